The number of hydrogen-bond acceptors (Lipinski definition) is 2. The second-order valence-electron chi connectivity index (χ2n) is 4.83. The zero-order valence-corrected chi connectivity index (χ0v) is 11.7. The molecule has 2 saturated heterocycles. The molecule has 2 bridgehead atoms. The Bertz CT molecular complexity index is 460. The van der Waals surface area contributed by atoms with Gasteiger partial charge in [0.1, 0.15) is 5.78 Å². The van der Waals surface area contributed by atoms with Crippen molar-refractivity contribution in [3.05, 3.63) is 27.7 Å². The summed E-state index contributed by atoms with van der Waals surface area (Å²) in [7, 11) is 0. The molecule has 0 saturated carbocycles. The number of ketones is 1. The number of rotatable bonds is 1. The fourth-order valence-electron chi connectivity index (χ4n) is 3.05. The molecule has 1 aromatic rings. The minimum Gasteiger partial charge on any atom is -0.364 e. The third kappa shape index (κ3) is 2.00. The highest BCUT2D eigenvalue weighted by Crippen LogP contribution is 2.41. The van der Waals surface area contributed by atoms with Crippen molar-refractivity contribution < 1.29 is 4.79 Å². The van der Waals surface area contributed by atoms with E-state index in [4.69, 9.17) is 11.6 Å². The van der Waals surface area contributed by atoms with E-state index in [1.54, 1.807) is 0 Å². The minimum atomic E-state index is 0.371. The van der Waals surface area contributed by atoms with Crippen LogP contribution in [0.5, 0.6) is 0 Å². The maximum atomic E-state index is 11.6. The molecule has 0 radical (unpaired) electrons. The number of piperidine rings is 1. The van der Waals surface area contributed by atoms with Gasteiger partial charge in [-0.2, -0.15) is 0 Å². The number of carbonyl (C=O) groups excluding carboxylic acids is 1. The molecule has 0 N–H and O–H groups in total. The summed E-state index contributed by atoms with van der Waals surface area (Å²) in [6, 6.07) is 6.60. The second-order valence-corrected chi connectivity index (χ2v) is 6.13. The zero-order chi connectivity index (χ0) is 12.0. The van der Waals surface area contributed by atoms with E-state index < -0.39 is 0 Å². The van der Waals surface area contributed by atoms with Gasteiger partial charge in [-0.3, -0.25) is 4.79 Å². The Morgan fingerprint density at radius 1 is 1.24 bits per heavy atom. The van der Waals surface area contributed by atoms with Crippen molar-refractivity contribution in [2.45, 2.75) is 37.8 Å². The van der Waals surface area contributed by atoms with Gasteiger partial charge in [0.05, 0.1) is 5.69 Å². The van der Waals surface area contributed by atoms with Gasteiger partial charge in [-0.15, -0.1) is 0 Å². The molecule has 2 atom stereocenters. The highest BCUT2D eigenvalue weighted by molar-refractivity contribution is 9.10. The molecule has 0 aromatic heterocycles. The van der Waals surface area contributed by atoms with Crippen molar-refractivity contribution in [3.8, 4) is 0 Å². The summed E-state index contributed by atoms with van der Waals surface area (Å²) >= 11 is 9.64. The van der Waals surface area contributed by atoms with Gasteiger partial charge in [-0.25, -0.2) is 0 Å². The standard InChI is InChI=1S/C13H13BrClNO/c14-12-4-1-8(15)5-13(12)16-9-2-3-10(16)7-11(17)6-9/h1,4-5,9-10H,2-3,6-7H2. The van der Waals surface area contributed by atoms with Gasteiger partial charge in [0.2, 0.25) is 0 Å². The molecule has 0 spiro atoms. The molecule has 2 aliphatic rings. The van der Waals surface area contributed by atoms with Crippen molar-refractivity contribution in [2.24, 2.45) is 0 Å². The fraction of sp³-hybridized carbons (Fsp3) is 0.462. The van der Waals surface area contributed by atoms with Crippen LogP contribution in [0.4, 0.5) is 5.69 Å². The highest BCUT2D eigenvalue weighted by atomic mass is 79.9. The third-order valence-corrected chi connectivity index (χ3v) is 4.64. The van der Waals surface area contributed by atoms with E-state index >= 15 is 0 Å². The number of anilines is 1. The average molecular weight is 315 g/mol. The predicted molar refractivity (Wildman–Crippen MR) is 72.7 cm³/mol. The molecule has 3 rings (SSSR count). The first-order valence-corrected chi connectivity index (χ1v) is 7.07. The van der Waals surface area contributed by atoms with Crippen LogP contribution < -0.4 is 4.90 Å². The van der Waals surface area contributed by atoms with Crippen molar-refractivity contribution in [1.29, 1.82) is 0 Å². The van der Waals surface area contributed by atoms with E-state index in [-0.39, 0.29) is 0 Å². The molecule has 2 aliphatic heterocycles. The summed E-state index contributed by atoms with van der Waals surface area (Å²) in [6.45, 7) is 0. The van der Waals surface area contributed by atoms with Crippen LogP contribution in [0.25, 0.3) is 0 Å². The topological polar surface area (TPSA) is 20.3 Å². The Balaban J connectivity index is 1.99. The van der Waals surface area contributed by atoms with Gasteiger partial charge in [0, 0.05) is 34.4 Å². The number of nitrogens with zero attached hydrogens (tertiary/aromatic N) is 1. The first kappa shape index (κ1) is 11.5. The number of carbonyl (C=O) groups is 1. The first-order valence-electron chi connectivity index (χ1n) is 5.90. The number of Topliss-reactive ketones (excluding diaryl/α,β-unsaturated/α-hetero) is 1. The van der Waals surface area contributed by atoms with Crippen LogP contribution in [0.1, 0.15) is 25.7 Å². The summed E-state index contributed by atoms with van der Waals surface area (Å²) in [6.07, 6.45) is 3.62. The molecule has 4 heteroatoms. The first-order chi connectivity index (χ1) is 8.15. The lowest BCUT2D eigenvalue weighted by atomic mass is 10.0. The van der Waals surface area contributed by atoms with Gasteiger partial charge in [-0.1, -0.05) is 11.6 Å². The molecule has 1 aromatic carbocycles. The maximum absolute atomic E-state index is 11.6. The van der Waals surface area contributed by atoms with E-state index in [1.165, 1.54) is 0 Å². The molecule has 2 heterocycles. The normalized spacial score (nSPS) is 27.6. The van der Waals surface area contributed by atoms with Gasteiger partial charge < -0.3 is 4.90 Å². The van der Waals surface area contributed by atoms with Crippen LogP contribution in [-0.4, -0.2) is 17.9 Å². The average Bonchev–Trinajstić information content (AvgIpc) is 2.54. The summed E-state index contributed by atoms with van der Waals surface area (Å²) in [5.41, 5.74) is 1.14. The lowest BCUT2D eigenvalue weighted by Gasteiger charge is -2.36. The Hall–Kier alpha value is -0.540. The van der Waals surface area contributed by atoms with Crippen LogP contribution in [0.2, 0.25) is 5.02 Å². The lowest BCUT2D eigenvalue weighted by Crippen LogP contribution is -2.43. The Kier molecular flexibility index (Phi) is 2.91. The summed E-state index contributed by atoms with van der Waals surface area (Å²) in [5, 5.41) is 0.750. The highest BCUT2D eigenvalue weighted by Gasteiger charge is 2.40. The van der Waals surface area contributed by atoms with Crippen LogP contribution in [0, 0.1) is 0 Å². The SMILES string of the molecule is O=C1CC2CCC(C1)N2c1cc(Cl)ccc1Br. The Morgan fingerprint density at radius 2 is 1.88 bits per heavy atom. The molecule has 0 aliphatic carbocycles. The van der Waals surface area contributed by atoms with E-state index in [0.717, 1.165) is 28.0 Å². The second kappa shape index (κ2) is 4.29. The predicted octanol–water partition coefficient (Wildman–Crippen LogP) is 3.80. The monoisotopic (exact) mass is 313 g/mol. The molecule has 17 heavy (non-hydrogen) atoms. The van der Waals surface area contributed by atoms with E-state index in [0.29, 0.717) is 30.7 Å². The summed E-state index contributed by atoms with van der Waals surface area (Å²) in [4.78, 5) is 14.0. The molecular weight excluding hydrogens is 302 g/mol. The van der Waals surface area contributed by atoms with Gasteiger partial charge in [-0.05, 0) is 47.0 Å². The Labute approximate surface area is 114 Å². The van der Waals surface area contributed by atoms with E-state index in [2.05, 4.69) is 20.8 Å². The number of fused-ring (bicyclic) bond motifs is 2. The van der Waals surface area contributed by atoms with Gasteiger partial charge in [0.15, 0.2) is 0 Å². The molecule has 90 valence electrons. The quantitative estimate of drug-likeness (QED) is 0.786. The van der Waals surface area contributed by atoms with Crippen LogP contribution in [0.3, 0.4) is 0 Å². The van der Waals surface area contributed by atoms with E-state index in [1.807, 2.05) is 18.2 Å². The minimum absolute atomic E-state index is 0.371. The molecular formula is C13H13BrClNO. The smallest absolute Gasteiger partial charge is 0.137 e. The number of hydrogen-bond donors (Lipinski definition) is 0. The number of benzene rings is 1. The Morgan fingerprint density at radius 3 is 2.53 bits per heavy atom. The molecule has 2 unspecified atom stereocenters. The van der Waals surface area contributed by atoms with Crippen molar-refractivity contribution in [3.63, 3.8) is 0 Å². The third-order valence-electron chi connectivity index (χ3n) is 3.73. The lowest BCUT2D eigenvalue weighted by molar-refractivity contribution is -0.120. The van der Waals surface area contributed by atoms with Crippen molar-refractivity contribution in [1.82, 2.24) is 0 Å². The van der Waals surface area contributed by atoms with Gasteiger partial charge >= 0.3 is 0 Å². The van der Waals surface area contributed by atoms with Crippen LogP contribution in [0.15, 0.2) is 22.7 Å². The zero-order valence-electron chi connectivity index (χ0n) is 9.33. The summed E-state index contributed by atoms with van der Waals surface area (Å²) < 4.78 is 1.06. The maximum Gasteiger partial charge on any atom is 0.137 e. The van der Waals surface area contributed by atoms with Crippen LogP contribution >= 0.6 is 27.5 Å². The largest absolute Gasteiger partial charge is 0.364 e. The van der Waals surface area contributed by atoms with E-state index in [9.17, 15) is 4.79 Å². The molecule has 2 nitrogen and oxygen atoms in total. The summed E-state index contributed by atoms with van der Waals surface area (Å²) in [5.74, 6) is 0.409. The van der Waals surface area contributed by atoms with Gasteiger partial charge in [0.25, 0.3) is 0 Å². The molecule has 0 amide bonds. The van der Waals surface area contributed by atoms with Crippen molar-refractivity contribution >= 4 is 39.0 Å². The van der Waals surface area contributed by atoms with Crippen LogP contribution in [-0.2, 0) is 4.79 Å². The molecule has 2 fully saturated rings. The van der Waals surface area contributed by atoms with Crippen molar-refractivity contribution in [2.75, 3.05) is 4.90 Å². The number of halogens is 2. The fourth-order valence-corrected chi connectivity index (χ4v) is 3.67.